The Hall–Kier alpha value is -3.25. The van der Waals surface area contributed by atoms with Crippen molar-refractivity contribution < 1.29 is 9.59 Å². The molecule has 1 aliphatic carbocycles. The summed E-state index contributed by atoms with van der Waals surface area (Å²) in [7, 11) is 0. The van der Waals surface area contributed by atoms with Crippen molar-refractivity contribution in [2.75, 3.05) is 0 Å². The lowest BCUT2D eigenvalue weighted by Crippen LogP contribution is -2.43. The van der Waals surface area contributed by atoms with Crippen molar-refractivity contribution in [2.45, 2.75) is 10.6 Å². The van der Waals surface area contributed by atoms with Crippen LogP contribution in [0.2, 0.25) is 0 Å². The Morgan fingerprint density at radius 1 is 1.07 bits per heavy atom. The Kier molecular flexibility index (Phi) is 5.30. The Morgan fingerprint density at radius 2 is 1.86 bits per heavy atom. The van der Waals surface area contributed by atoms with Crippen LogP contribution >= 0.6 is 11.8 Å². The van der Waals surface area contributed by atoms with Crippen molar-refractivity contribution in [2.24, 2.45) is 15.9 Å². The largest absolute Gasteiger partial charge is 0.294 e. The van der Waals surface area contributed by atoms with E-state index in [9.17, 15) is 9.59 Å². The number of nitrogens with zero attached hydrogens (tertiary/aromatic N) is 2. The Labute approximate surface area is 167 Å². The molecule has 1 unspecified atom stereocenters. The van der Waals surface area contributed by atoms with Crippen LogP contribution in [0.3, 0.4) is 0 Å². The summed E-state index contributed by atoms with van der Waals surface area (Å²) in [6.07, 6.45) is 7.13. The SMILES string of the molecule is O=C(N=C1N=C2C=CC=CC2C(=O)N1)c1ccccc1SCc1ccccc1. The molecular weight excluding hydrogens is 370 g/mol. The zero-order valence-corrected chi connectivity index (χ0v) is 15.7. The Balaban J connectivity index is 1.55. The van der Waals surface area contributed by atoms with Gasteiger partial charge in [0.25, 0.3) is 5.91 Å². The highest BCUT2D eigenvalue weighted by molar-refractivity contribution is 7.98. The first-order valence-corrected chi connectivity index (χ1v) is 9.82. The van der Waals surface area contributed by atoms with E-state index in [1.165, 1.54) is 5.56 Å². The standard InChI is InChI=1S/C22H17N3O2S/c26-20-16-10-4-6-12-18(16)23-22(24-20)25-21(27)17-11-5-7-13-19(17)28-14-15-8-2-1-3-9-15/h1-13,16H,14H2,(H,24,25,26,27). The Morgan fingerprint density at radius 3 is 2.71 bits per heavy atom. The van der Waals surface area contributed by atoms with Gasteiger partial charge in [0.2, 0.25) is 11.9 Å². The fourth-order valence-corrected chi connectivity index (χ4v) is 3.91. The van der Waals surface area contributed by atoms with Crippen LogP contribution in [0.4, 0.5) is 0 Å². The molecule has 138 valence electrons. The first-order valence-electron chi connectivity index (χ1n) is 8.84. The second-order valence-corrected chi connectivity index (χ2v) is 7.28. The number of guanidine groups is 1. The molecule has 0 saturated carbocycles. The number of hydrogen-bond acceptors (Lipinski definition) is 3. The van der Waals surface area contributed by atoms with Crippen molar-refractivity contribution in [3.63, 3.8) is 0 Å². The zero-order chi connectivity index (χ0) is 19.3. The molecular formula is C22H17N3O2S. The molecule has 0 radical (unpaired) electrons. The van der Waals surface area contributed by atoms with Gasteiger partial charge >= 0.3 is 0 Å². The highest BCUT2D eigenvalue weighted by Crippen LogP contribution is 2.27. The van der Waals surface area contributed by atoms with E-state index in [1.807, 2.05) is 48.5 Å². The average Bonchev–Trinajstić information content (AvgIpc) is 2.73. The number of nitrogens with one attached hydrogen (secondary N) is 1. The van der Waals surface area contributed by atoms with Gasteiger partial charge in [0.15, 0.2) is 0 Å². The van der Waals surface area contributed by atoms with Crippen LogP contribution in [0, 0.1) is 5.92 Å². The topological polar surface area (TPSA) is 70.9 Å². The maximum atomic E-state index is 12.8. The molecule has 1 heterocycles. The summed E-state index contributed by atoms with van der Waals surface area (Å²) in [4.78, 5) is 34.2. The van der Waals surface area contributed by atoms with Crippen LogP contribution in [0.5, 0.6) is 0 Å². The summed E-state index contributed by atoms with van der Waals surface area (Å²) in [5, 5.41) is 2.60. The predicted molar refractivity (Wildman–Crippen MR) is 112 cm³/mol. The fraction of sp³-hybridized carbons (Fsp3) is 0.0909. The van der Waals surface area contributed by atoms with Crippen molar-refractivity contribution in [1.29, 1.82) is 0 Å². The van der Waals surface area contributed by atoms with Crippen LogP contribution in [0.1, 0.15) is 15.9 Å². The molecule has 0 spiro atoms. The van der Waals surface area contributed by atoms with Gasteiger partial charge in [0, 0.05) is 10.6 Å². The number of aliphatic imine (C=N–C) groups is 2. The number of carbonyl (C=O) groups excluding carboxylic acids is 2. The van der Waals surface area contributed by atoms with E-state index < -0.39 is 11.8 Å². The van der Waals surface area contributed by atoms with Gasteiger partial charge in [0.1, 0.15) is 0 Å². The minimum absolute atomic E-state index is 0.0315. The van der Waals surface area contributed by atoms with E-state index in [0.717, 1.165) is 10.6 Å². The highest BCUT2D eigenvalue weighted by Gasteiger charge is 2.28. The van der Waals surface area contributed by atoms with Gasteiger partial charge in [-0.15, -0.1) is 11.8 Å². The lowest BCUT2D eigenvalue weighted by Gasteiger charge is -2.20. The summed E-state index contributed by atoms with van der Waals surface area (Å²) in [6.45, 7) is 0. The number of thioether (sulfide) groups is 1. The molecule has 0 fully saturated rings. The van der Waals surface area contributed by atoms with Crippen molar-refractivity contribution in [1.82, 2.24) is 5.32 Å². The van der Waals surface area contributed by atoms with Crippen LogP contribution in [-0.2, 0) is 10.5 Å². The summed E-state index contributed by atoms with van der Waals surface area (Å²) in [5.74, 6) is -0.301. The third-order valence-corrected chi connectivity index (χ3v) is 5.46. The third-order valence-electron chi connectivity index (χ3n) is 4.31. The van der Waals surface area contributed by atoms with Crippen molar-refractivity contribution in [3.05, 3.63) is 90.0 Å². The monoisotopic (exact) mass is 387 g/mol. The first-order chi connectivity index (χ1) is 13.7. The van der Waals surface area contributed by atoms with E-state index in [2.05, 4.69) is 15.3 Å². The summed E-state index contributed by atoms with van der Waals surface area (Å²) >= 11 is 1.58. The third kappa shape index (κ3) is 4.02. The first kappa shape index (κ1) is 18.1. The van der Waals surface area contributed by atoms with Gasteiger partial charge < -0.3 is 0 Å². The number of amides is 2. The normalized spacial score (nSPS) is 19.1. The molecule has 0 aromatic heterocycles. The number of hydrogen-bond donors (Lipinski definition) is 1. The van der Waals surface area contributed by atoms with E-state index in [0.29, 0.717) is 11.3 Å². The molecule has 1 N–H and O–H groups in total. The second kappa shape index (κ2) is 8.19. The smallest absolute Gasteiger partial charge is 0.281 e. The quantitative estimate of drug-likeness (QED) is 0.812. The molecule has 6 heteroatoms. The predicted octanol–water partition coefficient (Wildman–Crippen LogP) is 3.79. The second-order valence-electron chi connectivity index (χ2n) is 6.26. The summed E-state index contributed by atoms with van der Waals surface area (Å²) in [6, 6.07) is 17.4. The molecule has 2 aliphatic rings. The summed E-state index contributed by atoms with van der Waals surface area (Å²) in [5.41, 5.74) is 2.26. The van der Waals surface area contributed by atoms with Crippen LogP contribution < -0.4 is 5.32 Å². The van der Waals surface area contributed by atoms with Gasteiger partial charge in [-0.3, -0.25) is 14.9 Å². The van der Waals surface area contributed by atoms with Gasteiger partial charge in [-0.05, 0) is 23.8 Å². The molecule has 0 bridgehead atoms. The van der Waals surface area contributed by atoms with Crippen molar-refractivity contribution in [3.8, 4) is 0 Å². The summed E-state index contributed by atoms with van der Waals surface area (Å²) < 4.78 is 0. The van der Waals surface area contributed by atoms with Crippen LogP contribution in [0.15, 0.2) is 93.8 Å². The Bertz CT molecular complexity index is 1040. The van der Waals surface area contributed by atoms with E-state index in [-0.39, 0.29) is 11.9 Å². The fourth-order valence-electron chi connectivity index (χ4n) is 2.91. The minimum atomic E-state index is -0.426. The molecule has 1 aliphatic heterocycles. The van der Waals surface area contributed by atoms with Gasteiger partial charge in [-0.1, -0.05) is 60.7 Å². The number of allylic oxidation sites excluding steroid dienone is 3. The van der Waals surface area contributed by atoms with E-state index in [1.54, 1.807) is 42.1 Å². The van der Waals surface area contributed by atoms with Gasteiger partial charge in [0.05, 0.1) is 17.2 Å². The van der Waals surface area contributed by atoms with Crippen LogP contribution in [0.25, 0.3) is 0 Å². The number of rotatable bonds is 4. The molecule has 2 amide bonds. The van der Waals surface area contributed by atoms with Crippen molar-refractivity contribution >= 4 is 35.2 Å². The maximum Gasteiger partial charge on any atom is 0.281 e. The van der Waals surface area contributed by atoms with Gasteiger partial charge in [-0.2, -0.15) is 4.99 Å². The highest BCUT2D eigenvalue weighted by atomic mass is 32.2. The molecule has 2 aromatic carbocycles. The van der Waals surface area contributed by atoms with E-state index >= 15 is 0 Å². The molecule has 4 rings (SSSR count). The van der Waals surface area contributed by atoms with Gasteiger partial charge in [-0.25, -0.2) is 4.99 Å². The molecule has 28 heavy (non-hydrogen) atoms. The maximum absolute atomic E-state index is 12.8. The lowest BCUT2D eigenvalue weighted by atomic mass is 9.96. The molecule has 0 saturated heterocycles. The van der Waals surface area contributed by atoms with Crippen LogP contribution in [-0.4, -0.2) is 23.5 Å². The molecule has 1 atom stereocenters. The number of benzene rings is 2. The zero-order valence-electron chi connectivity index (χ0n) is 14.9. The number of carbonyl (C=O) groups is 2. The minimum Gasteiger partial charge on any atom is -0.294 e. The number of fused-ring (bicyclic) bond motifs is 1. The molecule has 5 nitrogen and oxygen atoms in total. The average molecular weight is 387 g/mol. The lowest BCUT2D eigenvalue weighted by molar-refractivity contribution is -0.120. The van der Waals surface area contributed by atoms with E-state index in [4.69, 9.17) is 0 Å². The molecule has 2 aromatic rings.